The maximum Gasteiger partial charge on any atom is 0.199 e. The SMILES string of the molecule is Cc1cccc(-c2nn(CN(Cc3ccccc3)[C@H]3CCS(=O)(=O)C3)c(=S)n2C)c1. The molecule has 30 heavy (non-hydrogen) atoms. The first-order valence-electron chi connectivity index (χ1n) is 10.0. The molecule has 1 aliphatic rings. The van der Waals surface area contributed by atoms with Crippen LogP contribution in [-0.2, 0) is 30.1 Å². The van der Waals surface area contributed by atoms with Crippen molar-refractivity contribution in [1.82, 2.24) is 19.2 Å². The third-order valence-corrected chi connectivity index (χ3v) is 7.82. The maximum atomic E-state index is 12.1. The smallest absolute Gasteiger partial charge is 0.199 e. The zero-order valence-electron chi connectivity index (χ0n) is 17.2. The molecule has 158 valence electrons. The largest absolute Gasteiger partial charge is 0.303 e. The lowest BCUT2D eigenvalue weighted by Crippen LogP contribution is -2.37. The van der Waals surface area contributed by atoms with Gasteiger partial charge in [-0.1, -0.05) is 54.1 Å². The minimum absolute atomic E-state index is 0.0402. The Hall–Kier alpha value is -2.29. The average Bonchev–Trinajstić information content (AvgIpc) is 3.22. The lowest BCUT2D eigenvalue weighted by Gasteiger charge is -2.27. The number of aromatic nitrogens is 3. The van der Waals surface area contributed by atoms with Gasteiger partial charge >= 0.3 is 0 Å². The molecule has 2 heterocycles. The number of nitrogens with zero attached hydrogens (tertiary/aromatic N) is 4. The third kappa shape index (κ3) is 4.55. The summed E-state index contributed by atoms with van der Waals surface area (Å²) >= 11 is 5.67. The van der Waals surface area contributed by atoms with E-state index < -0.39 is 9.84 Å². The van der Waals surface area contributed by atoms with Crippen LogP contribution in [-0.4, -0.2) is 45.2 Å². The van der Waals surface area contributed by atoms with Gasteiger partial charge in [-0.3, -0.25) is 4.90 Å². The summed E-state index contributed by atoms with van der Waals surface area (Å²) in [6.07, 6.45) is 0.639. The molecule has 0 N–H and O–H groups in total. The molecule has 0 bridgehead atoms. The Balaban J connectivity index is 1.66. The van der Waals surface area contributed by atoms with E-state index in [0.717, 1.165) is 22.5 Å². The van der Waals surface area contributed by atoms with E-state index in [0.29, 0.717) is 24.4 Å². The Bertz CT molecular complexity index is 1200. The summed E-state index contributed by atoms with van der Waals surface area (Å²) in [4.78, 5) is 2.18. The molecule has 2 aromatic carbocycles. The van der Waals surface area contributed by atoms with Crippen molar-refractivity contribution in [3.63, 3.8) is 0 Å². The minimum atomic E-state index is -2.99. The van der Waals surface area contributed by atoms with Crippen LogP contribution in [0, 0.1) is 11.7 Å². The number of hydrogen-bond acceptors (Lipinski definition) is 5. The number of benzene rings is 2. The number of rotatable bonds is 6. The Morgan fingerprint density at radius 2 is 1.93 bits per heavy atom. The summed E-state index contributed by atoms with van der Waals surface area (Å²) in [7, 11) is -1.07. The second-order valence-electron chi connectivity index (χ2n) is 7.96. The van der Waals surface area contributed by atoms with E-state index in [9.17, 15) is 8.42 Å². The van der Waals surface area contributed by atoms with Crippen molar-refractivity contribution in [2.24, 2.45) is 7.05 Å². The highest BCUT2D eigenvalue weighted by Gasteiger charge is 2.32. The molecule has 1 aliphatic heterocycles. The van der Waals surface area contributed by atoms with E-state index in [4.69, 9.17) is 17.3 Å². The van der Waals surface area contributed by atoms with Gasteiger partial charge in [-0.2, -0.15) is 5.10 Å². The van der Waals surface area contributed by atoms with E-state index in [1.165, 1.54) is 0 Å². The summed E-state index contributed by atoms with van der Waals surface area (Å²) in [5.74, 6) is 1.23. The summed E-state index contributed by atoms with van der Waals surface area (Å²) in [6, 6.07) is 18.3. The first-order chi connectivity index (χ1) is 14.3. The number of sulfone groups is 1. The summed E-state index contributed by atoms with van der Waals surface area (Å²) in [5, 5.41) is 4.79. The molecule has 0 aliphatic carbocycles. The molecule has 3 aromatic rings. The molecular weight excluding hydrogens is 416 g/mol. The molecule has 6 nitrogen and oxygen atoms in total. The molecule has 1 atom stereocenters. The van der Waals surface area contributed by atoms with Gasteiger partial charge in [0.25, 0.3) is 0 Å². The topological polar surface area (TPSA) is 60.1 Å². The molecule has 1 aromatic heterocycles. The van der Waals surface area contributed by atoms with Crippen LogP contribution in [0.3, 0.4) is 0 Å². The standard InChI is InChI=1S/C22H26N4O2S2/c1-17-7-6-10-19(13-17)21-23-26(22(29)24(21)2)16-25(14-18-8-4-3-5-9-18)20-11-12-30(27,28)15-20/h3-10,13,20H,11-12,14-16H2,1-2H3/t20-/m0/s1. The molecule has 1 fully saturated rings. The summed E-state index contributed by atoms with van der Waals surface area (Å²) < 4.78 is 28.6. The van der Waals surface area contributed by atoms with Gasteiger partial charge in [0.1, 0.15) is 0 Å². The Morgan fingerprint density at radius 1 is 1.17 bits per heavy atom. The van der Waals surface area contributed by atoms with Crippen LogP contribution < -0.4 is 0 Å². The predicted octanol–water partition coefficient (Wildman–Crippen LogP) is 3.57. The number of hydrogen-bond donors (Lipinski definition) is 0. The van der Waals surface area contributed by atoms with Gasteiger partial charge in [-0.25, -0.2) is 13.1 Å². The molecule has 1 saturated heterocycles. The first-order valence-corrected chi connectivity index (χ1v) is 12.2. The Morgan fingerprint density at radius 3 is 2.60 bits per heavy atom. The van der Waals surface area contributed by atoms with Crippen molar-refractivity contribution in [1.29, 1.82) is 0 Å². The van der Waals surface area contributed by atoms with Gasteiger partial charge in [-0.05, 0) is 37.2 Å². The van der Waals surface area contributed by atoms with E-state index >= 15 is 0 Å². The van der Waals surface area contributed by atoms with Crippen LogP contribution in [0.5, 0.6) is 0 Å². The summed E-state index contributed by atoms with van der Waals surface area (Å²) in [5.41, 5.74) is 3.32. The lowest BCUT2D eigenvalue weighted by molar-refractivity contribution is 0.146. The van der Waals surface area contributed by atoms with Crippen LogP contribution in [0.4, 0.5) is 0 Å². The average molecular weight is 443 g/mol. The molecule has 0 amide bonds. The van der Waals surface area contributed by atoms with Crippen molar-refractivity contribution in [3.8, 4) is 11.4 Å². The molecule has 0 unspecified atom stereocenters. The van der Waals surface area contributed by atoms with Crippen molar-refractivity contribution in [2.45, 2.75) is 32.6 Å². The van der Waals surface area contributed by atoms with E-state index in [-0.39, 0.29) is 17.5 Å². The van der Waals surface area contributed by atoms with E-state index in [2.05, 4.69) is 36.1 Å². The Kier molecular flexibility index (Phi) is 5.90. The lowest BCUT2D eigenvalue weighted by atomic mass is 10.1. The fraction of sp³-hybridized carbons (Fsp3) is 0.364. The third-order valence-electron chi connectivity index (χ3n) is 5.59. The van der Waals surface area contributed by atoms with Crippen molar-refractivity contribution in [2.75, 3.05) is 11.5 Å². The fourth-order valence-corrected chi connectivity index (χ4v) is 5.91. The quantitative estimate of drug-likeness (QED) is 0.546. The summed E-state index contributed by atoms with van der Waals surface area (Å²) in [6.45, 7) is 3.16. The highest BCUT2D eigenvalue weighted by Crippen LogP contribution is 2.23. The van der Waals surface area contributed by atoms with Gasteiger partial charge in [0.15, 0.2) is 20.4 Å². The normalized spacial score (nSPS) is 18.2. The molecule has 0 spiro atoms. The van der Waals surface area contributed by atoms with Crippen molar-refractivity contribution < 1.29 is 8.42 Å². The van der Waals surface area contributed by atoms with Crippen LogP contribution >= 0.6 is 12.2 Å². The van der Waals surface area contributed by atoms with Crippen LogP contribution in [0.1, 0.15) is 17.5 Å². The van der Waals surface area contributed by atoms with Gasteiger partial charge in [0.2, 0.25) is 0 Å². The second kappa shape index (κ2) is 8.45. The minimum Gasteiger partial charge on any atom is -0.303 e. The van der Waals surface area contributed by atoms with Gasteiger partial charge < -0.3 is 4.57 Å². The zero-order chi connectivity index (χ0) is 21.3. The van der Waals surface area contributed by atoms with E-state index in [1.54, 1.807) is 4.68 Å². The fourth-order valence-electron chi connectivity index (χ4n) is 3.96. The van der Waals surface area contributed by atoms with Crippen LogP contribution in [0.25, 0.3) is 11.4 Å². The highest BCUT2D eigenvalue weighted by atomic mass is 32.2. The molecular formula is C22H26N4O2S2. The van der Waals surface area contributed by atoms with Gasteiger partial charge in [0.05, 0.1) is 18.2 Å². The number of aryl methyl sites for hydroxylation is 1. The highest BCUT2D eigenvalue weighted by molar-refractivity contribution is 7.91. The second-order valence-corrected chi connectivity index (χ2v) is 10.6. The van der Waals surface area contributed by atoms with Crippen LogP contribution in [0.2, 0.25) is 0 Å². The van der Waals surface area contributed by atoms with Gasteiger partial charge in [-0.15, -0.1) is 0 Å². The molecule has 4 rings (SSSR count). The molecule has 0 saturated carbocycles. The predicted molar refractivity (Wildman–Crippen MR) is 121 cm³/mol. The molecule has 8 heteroatoms. The zero-order valence-corrected chi connectivity index (χ0v) is 18.9. The van der Waals surface area contributed by atoms with Crippen molar-refractivity contribution >= 4 is 22.1 Å². The van der Waals surface area contributed by atoms with E-state index in [1.807, 2.05) is 41.9 Å². The monoisotopic (exact) mass is 442 g/mol. The van der Waals surface area contributed by atoms with Crippen molar-refractivity contribution in [3.05, 3.63) is 70.5 Å². The Labute approximate surface area is 182 Å². The first kappa shape index (κ1) is 21.0. The molecule has 0 radical (unpaired) electrons. The maximum absolute atomic E-state index is 12.1. The van der Waals surface area contributed by atoms with Crippen LogP contribution in [0.15, 0.2) is 54.6 Å². The van der Waals surface area contributed by atoms with Gasteiger partial charge in [0, 0.05) is 25.2 Å².